The quantitative estimate of drug-likeness (QED) is 0.759. The lowest BCUT2D eigenvalue weighted by Crippen LogP contribution is -2.31. The fourth-order valence-corrected chi connectivity index (χ4v) is 2.50. The van der Waals surface area contributed by atoms with Gasteiger partial charge in [0.25, 0.3) is 0 Å². The number of aromatic nitrogens is 2. The second-order valence-electron chi connectivity index (χ2n) is 5.19. The lowest BCUT2D eigenvalue weighted by Gasteiger charge is -2.29. The Labute approximate surface area is 130 Å². The summed E-state index contributed by atoms with van der Waals surface area (Å²) in [6, 6.07) is 1.95. The maximum atomic E-state index is 10.7. The first-order chi connectivity index (χ1) is 10.6. The molecule has 0 unspecified atom stereocenters. The van der Waals surface area contributed by atoms with Gasteiger partial charge in [-0.25, -0.2) is 0 Å². The summed E-state index contributed by atoms with van der Waals surface area (Å²) in [6.45, 7) is 9.32. The number of carbonyl (C=O) groups is 1. The normalized spacial score (nSPS) is 15.8. The Kier molecular flexibility index (Phi) is 5.36. The molecule has 0 radical (unpaired) electrons. The number of nitrogens with one attached hydrogen (secondary N) is 1. The number of H-pyrrole nitrogens is 1. The fraction of sp³-hybridized carbons (Fsp3) is 0.294. The van der Waals surface area contributed by atoms with E-state index >= 15 is 0 Å². The van der Waals surface area contributed by atoms with E-state index in [2.05, 4.69) is 34.3 Å². The smallest absolute Gasteiger partial charge is 0.303 e. The van der Waals surface area contributed by atoms with E-state index < -0.39 is 5.97 Å². The van der Waals surface area contributed by atoms with E-state index in [4.69, 9.17) is 5.11 Å². The minimum Gasteiger partial charge on any atom is -0.481 e. The van der Waals surface area contributed by atoms with E-state index in [0.29, 0.717) is 6.42 Å². The summed E-state index contributed by atoms with van der Waals surface area (Å²) in [4.78, 5) is 12.9. The molecule has 0 spiro atoms. The maximum absolute atomic E-state index is 10.7. The van der Waals surface area contributed by atoms with Gasteiger partial charge in [0.1, 0.15) is 5.82 Å². The second-order valence-corrected chi connectivity index (χ2v) is 5.19. The predicted octanol–water partition coefficient (Wildman–Crippen LogP) is 3.08. The van der Waals surface area contributed by atoms with E-state index in [1.807, 2.05) is 12.1 Å². The third-order valence-corrected chi connectivity index (χ3v) is 3.75. The first-order valence-corrected chi connectivity index (χ1v) is 7.27. The molecule has 0 saturated heterocycles. The highest BCUT2D eigenvalue weighted by atomic mass is 16.4. The van der Waals surface area contributed by atoms with Crippen molar-refractivity contribution in [2.45, 2.75) is 19.3 Å². The van der Waals surface area contributed by atoms with Gasteiger partial charge in [-0.3, -0.25) is 9.89 Å². The third-order valence-electron chi connectivity index (χ3n) is 3.75. The first kappa shape index (κ1) is 15.8. The number of hydrogen-bond donors (Lipinski definition) is 2. The number of carboxylic acids is 1. The van der Waals surface area contributed by atoms with Crippen molar-refractivity contribution in [3.05, 3.63) is 60.4 Å². The highest BCUT2D eigenvalue weighted by Gasteiger charge is 2.17. The maximum Gasteiger partial charge on any atom is 0.303 e. The van der Waals surface area contributed by atoms with Crippen molar-refractivity contribution < 1.29 is 9.90 Å². The highest BCUT2D eigenvalue weighted by molar-refractivity contribution is 5.67. The van der Waals surface area contributed by atoms with Crippen LogP contribution in [0.5, 0.6) is 0 Å². The highest BCUT2D eigenvalue weighted by Crippen LogP contribution is 2.25. The standard InChI is InChI=1S/C17H21N3O2/c1-3-13(5-6-17(21)22)11-15-8-10-20(12-14(15)4-2)16-7-9-18-19-16/h3-4,7,9,11H,1-2,5-6,8,10,12H2,(H,18,19)(H,21,22)/b13-11+. The number of nitrogens with zero attached hydrogens (tertiary/aromatic N) is 2. The van der Waals surface area contributed by atoms with E-state index in [1.165, 1.54) is 5.57 Å². The van der Waals surface area contributed by atoms with Crippen molar-refractivity contribution in [1.29, 1.82) is 0 Å². The fourth-order valence-electron chi connectivity index (χ4n) is 2.50. The van der Waals surface area contributed by atoms with E-state index in [-0.39, 0.29) is 6.42 Å². The summed E-state index contributed by atoms with van der Waals surface area (Å²) >= 11 is 0. The van der Waals surface area contributed by atoms with Gasteiger partial charge in [0.2, 0.25) is 0 Å². The molecule has 22 heavy (non-hydrogen) atoms. The van der Waals surface area contributed by atoms with Crippen LogP contribution in [0.3, 0.4) is 0 Å². The van der Waals surface area contributed by atoms with Crippen molar-refractivity contribution >= 4 is 11.8 Å². The zero-order chi connectivity index (χ0) is 15.9. The number of aliphatic carboxylic acids is 1. The SMILES string of the molecule is C=CC1=C(/C=C(\C=C)CCC(=O)O)CCN(c2ccn[nH]2)C1. The first-order valence-electron chi connectivity index (χ1n) is 7.27. The Morgan fingerprint density at radius 1 is 1.41 bits per heavy atom. The number of anilines is 1. The van der Waals surface area contributed by atoms with Gasteiger partial charge in [-0.05, 0) is 29.6 Å². The zero-order valence-corrected chi connectivity index (χ0v) is 12.6. The van der Waals surface area contributed by atoms with Crippen molar-refractivity contribution in [3.63, 3.8) is 0 Å². The topological polar surface area (TPSA) is 69.2 Å². The van der Waals surface area contributed by atoms with Gasteiger partial charge in [0, 0.05) is 25.6 Å². The summed E-state index contributed by atoms with van der Waals surface area (Å²) in [5.41, 5.74) is 3.30. The molecule has 0 atom stereocenters. The van der Waals surface area contributed by atoms with Gasteiger partial charge in [0.15, 0.2) is 0 Å². The molecule has 0 aliphatic carbocycles. The number of rotatable bonds is 7. The van der Waals surface area contributed by atoms with Crippen LogP contribution in [0.2, 0.25) is 0 Å². The molecule has 1 aliphatic heterocycles. The van der Waals surface area contributed by atoms with Crippen molar-refractivity contribution in [3.8, 4) is 0 Å². The zero-order valence-electron chi connectivity index (χ0n) is 12.6. The molecule has 0 saturated carbocycles. The number of carboxylic acid groups (broad SMARTS) is 1. The molecule has 2 rings (SSSR count). The van der Waals surface area contributed by atoms with Crippen LogP contribution in [-0.4, -0.2) is 34.4 Å². The van der Waals surface area contributed by atoms with Crippen LogP contribution in [0.15, 0.2) is 60.4 Å². The Morgan fingerprint density at radius 3 is 2.82 bits per heavy atom. The van der Waals surface area contributed by atoms with E-state index in [9.17, 15) is 4.79 Å². The minimum atomic E-state index is -0.792. The van der Waals surface area contributed by atoms with Gasteiger partial charge in [-0.15, -0.1) is 0 Å². The average molecular weight is 299 g/mol. The van der Waals surface area contributed by atoms with Crippen LogP contribution in [0.4, 0.5) is 5.82 Å². The Bertz CT molecular complexity index is 612. The van der Waals surface area contributed by atoms with E-state index in [1.54, 1.807) is 12.3 Å². The molecule has 1 aromatic heterocycles. The summed E-state index contributed by atoms with van der Waals surface area (Å²) < 4.78 is 0. The molecule has 116 valence electrons. The van der Waals surface area contributed by atoms with Crippen LogP contribution in [0.25, 0.3) is 0 Å². The van der Waals surface area contributed by atoms with Crippen LogP contribution in [0, 0.1) is 0 Å². The molecule has 1 aromatic rings. The molecule has 0 bridgehead atoms. The van der Waals surface area contributed by atoms with Crippen molar-refractivity contribution in [2.24, 2.45) is 0 Å². The van der Waals surface area contributed by atoms with Crippen LogP contribution < -0.4 is 4.90 Å². The lowest BCUT2D eigenvalue weighted by molar-refractivity contribution is -0.136. The van der Waals surface area contributed by atoms with Gasteiger partial charge < -0.3 is 10.0 Å². The van der Waals surface area contributed by atoms with E-state index in [0.717, 1.165) is 36.5 Å². The molecule has 2 heterocycles. The number of aromatic amines is 1. The minimum absolute atomic E-state index is 0.120. The van der Waals surface area contributed by atoms with Crippen LogP contribution in [0.1, 0.15) is 19.3 Å². The third kappa shape index (κ3) is 3.97. The molecule has 5 heteroatoms. The van der Waals surface area contributed by atoms with Crippen LogP contribution >= 0.6 is 0 Å². The van der Waals surface area contributed by atoms with Gasteiger partial charge in [-0.1, -0.05) is 31.4 Å². The van der Waals surface area contributed by atoms with Crippen LogP contribution in [-0.2, 0) is 4.79 Å². The monoisotopic (exact) mass is 299 g/mol. The summed E-state index contributed by atoms with van der Waals surface area (Å²) in [7, 11) is 0. The second kappa shape index (κ2) is 7.45. The molecule has 1 aliphatic rings. The van der Waals surface area contributed by atoms with Gasteiger partial charge in [-0.2, -0.15) is 5.10 Å². The average Bonchev–Trinajstić information content (AvgIpc) is 3.05. The summed E-state index contributed by atoms with van der Waals surface area (Å²) in [5.74, 6) is 0.205. The number of hydrogen-bond acceptors (Lipinski definition) is 3. The Morgan fingerprint density at radius 2 is 2.23 bits per heavy atom. The summed E-state index contributed by atoms with van der Waals surface area (Å²) in [5, 5.41) is 15.8. The van der Waals surface area contributed by atoms with Gasteiger partial charge in [0.05, 0.1) is 6.20 Å². The predicted molar refractivity (Wildman–Crippen MR) is 87.8 cm³/mol. The molecular weight excluding hydrogens is 278 g/mol. The largest absolute Gasteiger partial charge is 0.481 e. The number of allylic oxidation sites excluding steroid dienone is 3. The molecular formula is C17H21N3O2. The summed E-state index contributed by atoms with van der Waals surface area (Å²) in [6.07, 6.45) is 8.89. The molecule has 0 aromatic carbocycles. The van der Waals surface area contributed by atoms with Crippen molar-refractivity contribution in [1.82, 2.24) is 10.2 Å². The lowest BCUT2D eigenvalue weighted by atomic mass is 9.96. The molecule has 5 nitrogen and oxygen atoms in total. The van der Waals surface area contributed by atoms with Gasteiger partial charge >= 0.3 is 5.97 Å². The molecule has 0 fully saturated rings. The molecule has 2 N–H and O–H groups in total. The Balaban J connectivity index is 2.16. The van der Waals surface area contributed by atoms with Crippen molar-refractivity contribution in [2.75, 3.05) is 18.0 Å². The Hall–Kier alpha value is -2.56. The molecule has 0 amide bonds.